The molecule has 2 aromatic carbocycles. The molecule has 1 amide bonds. The van der Waals surface area contributed by atoms with E-state index in [-0.39, 0.29) is 12.5 Å². The van der Waals surface area contributed by atoms with Crippen LogP contribution in [0.5, 0.6) is 5.75 Å². The number of amides is 1. The summed E-state index contributed by atoms with van der Waals surface area (Å²) in [5.74, 6) is -0.406. The maximum atomic E-state index is 11.9. The standard InChI is InChI=1S/C19H21NO4/c1-13-9-14(2)11-16(10-13)20-18(21)12-23-19(22)15(3)24-17-7-5-4-6-8-17/h4-11,15H,12H2,1-3H3,(H,20,21)/t15-/m1/s1. The van der Waals surface area contributed by atoms with Gasteiger partial charge in [0.05, 0.1) is 0 Å². The highest BCUT2D eigenvalue weighted by Gasteiger charge is 2.17. The van der Waals surface area contributed by atoms with Crippen LogP contribution in [0, 0.1) is 13.8 Å². The summed E-state index contributed by atoms with van der Waals surface area (Å²) in [7, 11) is 0. The first-order valence-corrected chi connectivity index (χ1v) is 7.70. The Balaban J connectivity index is 1.81. The lowest BCUT2D eigenvalue weighted by atomic mass is 10.1. The first kappa shape index (κ1) is 17.5. The van der Waals surface area contributed by atoms with Gasteiger partial charge in [-0.2, -0.15) is 0 Å². The van der Waals surface area contributed by atoms with Crippen molar-refractivity contribution >= 4 is 17.6 Å². The quantitative estimate of drug-likeness (QED) is 0.827. The van der Waals surface area contributed by atoms with Crippen LogP contribution in [0.4, 0.5) is 5.69 Å². The molecule has 0 aliphatic rings. The van der Waals surface area contributed by atoms with E-state index in [2.05, 4.69) is 5.32 Å². The minimum atomic E-state index is -0.790. The van der Waals surface area contributed by atoms with Gasteiger partial charge in [-0.1, -0.05) is 24.3 Å². The van der Waals surface area contributed by atoms with Gasteiger partial charge in [0.15, 0.2) is 12.7 Å². The third-order valence-electron chi connectivity index (χ3n) is 3.24. The Hall–Kier alpha value is -2.82. The van der Waals surface area contributed by atoms with Crippen molar-refractivity contribution in [2.24, 2.45) is 0 Å². The van der Waals surface area contributed by atoms with E-state index in [0.717, 1.165) is 11.1 Å². The predicted octanol–water partition coefficient (Wildman–Crippen LogP) is 3.25. The Kier molecular flexibility index (Phi) is 5.95. The summed E-state index contributed by atoms with van der Waals surface area (Å²) in [4.78, 5) is 23.8. The number of para-hydroxylation sites is 1. The number of hydrogen-bond donors (Lipinski definition) is 1. The van der Waals surface area contributed by atoms with Crippen LogP contribution in [-0.2, 0) is 14.3 Å². The van der Waals surface area contributed by atoms with E-state index in [1.165, 1.54) is 0 Å². The molecule has 0 saturated carbocycles. The number of aryl methyl sites for hydroxylation is 2. The fourth-order valence-corrected chi connectivity index (χ4v) is 2.25. The zero-order valence-electron chi connectivity index (χ0n) is 14.0. The van der Waals surface area contributed by atoms with E-state index in [1.54, 1.807) is 19.1 Å². The van der Waals surface area contributed by atoms with Crippen molar-refractivity contribution < 1.29 is 19.1 Å². The maximum Gasteiger partial charge on any atom is 0.347 e. The monoisotopic (exact) mass is 327 g/mol. The smallest absolute Gasteiger partial charge is 0.347 e. The topological polar surface area (TPSA) is 64.6 Å². The van der Waals surface area contributed by atoms with Crippen LogP contribution < -0.4 is 10.1 Å². The van der Waals surface area contributed by atoms with Crippen LogP contribution >= 0.6 is 0 Å². The molecule has 126 valence electrons. The maximum absolute atomic E-state index is 11.9. The lowest BCUT2D eigenvalue weighted by Crippen LogP contribution is -2.29. The van der Waals surface area contributed by atoms with Gasteiger partial charge in [-0.05, 0) is 56.2 Å². The van der Waals surface area contributed by atoms with Crippen LogP contribution in [-0.4, -0.2) is 24.6 Å². The largest absolute Gasteiger partial charge is 0.479 e. The molecule has 1 N–H and O–H groups in total. The molecule has 0 fully saturated rings. The third-order valence-corrected chi connectivity index (χ3v) is 3.24. The van der Waals surface area contributed by atoms with E-state index in [1.807, 2.05) is 50.2 Å². The molecular weight excluding hydrogens is 306 g/mol. The van der Waals surface area contributed by atoms with Crippen LogP contribution in [0.1, 0.15) is 18.1 Å². The van der Waals surface area contributed by atoms with Crippen LogP contribution in [0.2, 0.25) is 0 Å². The fraction of sp³-hybridized carbons (Fsp3) is 0.263. The molecule has 2 aromatic rings. The molecule has 1 atom stereocenters. The van der Waals surface area contributed by atoms with Gasteiger partial charge in [0, 0.05) is 5.69 Å². The van der Waals surface area contributed by atoms with E-state index < -0.39 is 12.1 Å². The Morgan fingerprint density at radius 1 is 1.04 bits per heavy atom. The Morgan fingerprint density at radius 2 is 1.67 bits per heavy atom. The van der Waals surface area contributed by atoms with Crippen LogP contribution in [0.25, 0.3) is 0 Å². The van der Waals surface area contributed by atoms with Gasteiger partial charge in [-0.3, -0.25) is 4.79 Å². The van der Waals surface area contributed by atoms with Gasteiger partial charge in [0.2, 0.25) is 0 Å². The average Bonchev–Trinajstić information content (AvgIpc) is 2.52. The van der Waals surface area contributed by atoms with Crippen molar-refractivity contribution in [1.29, 1.82) is 0 Å². The Morgan fingerprint density at radius 3 is 2.29 bits per heavy atom. The minimum absolute atomic E-state index is 0.353. The van der Waals surface area contributed by atoms with Crippen molar-refractivity contribution in [3.63, 3.8) is 0 Å². The first-order chi connectivity index (χ1) is 11.4. The zero-order chi connectivity index (χ0) is 17.5. The highest BCUT2D eigenvalue weighted by atomic mass is 16.6. The summed E-state index contributed by atoms with van der Waals surface area (Å²) >= 11 is 0. The predicted molar refractivity (Wildman–Crippen MR) is 92.0 cm³/mol. The Bertz CT molecular complexity index is 692. The number of benzene rings is 2. The highest BCUT2D eigenvalue weighted by Crippen LogP contribution is 2.14. The van der Waals surface area contributed by atoms with E-state index in [0.29, 0.717) is 11.4 Å². The zero-order valence-corrected chi connectivity index (χ0v) is 14.0. The second-order valence-corrected chi connectivity index (χ2v) is 5.61. The summed E-state index contributed by atoms with van der Waals surface area (Å²) in [6, 6.07) is 14.7. The molecule has 0 spiro atoms. The van der Waals surface area contributed by atoms with Crippen molar-refractivity contribution in [1.82, 2.24) is 0 Å². The van der Waals surface area contributed by atoms with Gasteiger partial charge >= 0.3 is 5.97 Å². The molecule has 0 radical (unpaired) electrons. The van der Waals surface area contributed by atoms with E-state index in [4.69, 9.17) is 9.47 Å². The van der Waals surface area contributed by atoms with Gasteiger partial charge in [0.1, 0.15) is 5.75 Å². The molecule has 0 heterocycles. The minimum Gasteiger partial charge on any atom is -0.479 e. The van der Waals surface area contributed by atoms with E-state index >= 15 is 0 Å². The van der Waals surface area contributed by atoms with E-state index in [9.17, 15) is 9.59 Å². The molecular formula is C19H21NO4. The van der Waals surface area contributed by atoms with Gasteiger partial charge in [0.25, 0.3) is 5.91 Å². The number of anilines is 1. The average molecular weight is 327 g/mol. The molecule has 0 unspecified atom stereocenters. The second kappa shape index (κ2) is 8.15. The van der Waals surface area contributed by atoms with Crippen molar-refractivity contribution in [2.75, 3.05) is 11.9 Å². The molecule has 24 heavy (non-hydrogen) atoms. The number of esters is 1. The molecule has 0 bridgehead atoms. The summed E-state index contributed by atoms with van der Waals surface area (Å²) in [5, 5.41) is 2.71. The summed E-state index contributed by atoms with van der Waals surface area (Å²) in [6.07, 6.45) is -0.790. The summed E-state index contributed by atoms with van der Waals surface area (Å²) in [6.45, 7) is 5.13. The van der Waals surface area contributed by atoms with Crippen molar-refractivity contribution in [3.8, 4) is 5.75 Å². The summed E-state index contributed by atoms with van der Waals surface area (Å²) < 4.78 is 10.4. The molecule has 0 aromatic heterocycles. The molecule has 5 heteroatoms. The van der Waals surface area contributed by atoms with Gasteiger partial charge in [-0.25, -0.2) is 4.79 Å². The lowest BCUT2D eigenvalue weighted by Gasteiger charge is -2.14. The number of carbonyl (C=O) groups is 2. The second-order valence-electron chi connectivity index (χ2n) is 5.61. The number of hydrogen-bond acceptors (Lipinski definition) is 4. The fourth-order valence-electron chi connectivity index (χ4n) is 2.25. The third kappa shape index (κ3) is 5.43. The number of carbonyl (C=O) groups excluding carboxylic acids is 2. The highest BCUT2D eigenvalue weighted by molar-refractivity contribution is 5.93. The molecule has 5 nitrogen and oxygen atoms in total. The first-order valence-electron chi connectivity index (χ1n) is 7.70. The molecule has 0 aliphatic heterocycles. The lowest BCUT2D eigenvalue weighted by molar-refractivity contribution is -0.153. The SMILES string of the molecule is Cc1cc(C)cc(NC(=O)COC(=O)[C@@H](C)Oc2ccccc2)c1. The van der Waals surface area contributed by atoms with Crippen molar-refractivity contribution in [2.45, 2.75) is 26.9 Å². The molecule has 2 rings (SSSR count). The molecule has 0 aliphatic carbocycles. The van der Waals surface area contributed by atoms with Gasteiger partial charge < -0.3 is 14.8 Å². The van der Waals surface area contributed by atoms with Crippen LogP contribution in [0.15, 0.2) is 48.5 Å². The van der Waals surface area contributed by atoms with Crippen molar-refractivity contribution in [3.05, 3.63) is 59.7 Å². The Labute approximate surface area is 141 Å². The van der Waals surface area contributed by atoms with Crippen LogP contribution in [0.3, 0.4) is 0 Å². The van der Waals surface area contributed by atoms with Gasteiger partial charge in [-0.15, -0.1) is 0 Å². The number of ether oxygens (including phenoxy) is 2. The summed E-state index contributed by atoms with van der Waals surface area (Å²) in [5.41, 5.74) is 2.78. The number of rotatable bonds is 6. The molecule has 0 saturated heterocycles. The number of nitrogens with one attached hydrogen (secondary N) is 1. The normalized spacial score (nSPS) is 11.5.